The maximum absolute atomic E-state index is 12.7. The van der Waals surface area contributed by atoms with Gasteiger partial charge < -0.3 is 4.98 Å². The molecule has 15 heavy (non-hydrogen) atoms. The molecule has 1 radical (unpaired) electrons. The van der Waals surface area contributed by atoms with Crippen LogP contribution in [0.5, 0.6) is 0 Å². The average molecular weight is 202 g/mol. The molecule has 0 unspecified atom stereocenters. The fraction of sp³-hybridized carbons (Fsp3) is 0. The highest BCUT2D eigenvalue weighted by Gasteiger charge is 2.05. The van der Waals surface area contributed by atoms with Crippen LogP contribution < -0.4 is 0 Å². The van der Waals surface area contributed by atoms with E-state index in [1.165, 1.54) is 16.9 Å². The van der Waals surface area contributed by atoms with E-state index in [0.717, 1.165) is 0 Å². The summed E-state index contributed by atoms with van der Waals surface area (Å²) < 4.78 is 12.7. The molecule has 0 amide bonds. The topological polar surface area (TPSA) is 59.4 Å². The number of rotatable bonds is 1. The van der Waals surface area contributed by atoms with E-state index in [2.05, 4.69) is 26.5 Å². The lowest BCUT2D eigenvalue weighted by Crippen LogP contribution is -1.98. The molecule has 0 atom stereocenters. The van der Waals surface area contributed by atoms with Crippen molar-refractivity contribution >= 4 is 11.3 Å². The molecular formula is C9H5FN5. The summed E-state index contributed by atoms with van der Waals surface area (Å²) in [6, 6.07) is 5.90. The van der Waals surface area contributed by atoms with Crippen LogP contribution in [0.2, 0.25) is 0 Å². The normalized spacial score (nSPS) is 11.0. The number of imidazole rings is 1. The zero-order valence-corrected chi connectivity index (χ0v) is 7.48. The summed E-state index contributed by atoms with van der Waals surface area (Å²) in [6.07, 6.45) is 2.53. The van der Waals surface area contributed by atoms with Gasteiger partial charge in [0.2, 0.25) is 11.3 Å². The maximum Gasteiger partial charge on any atom is 0.221 e. The summed E-state index contributed by atoms with van der Waals surface area (Å²) in [5.41, 5.74) is 1.72. The van der Waals surface area contributed by atoms with E-state index in [1.807, 2.05) is 0 Å². The number of aromatic nitrogens is 5. The molecule has 0 bridgehead atoms. The molecule has 1 aromatic carbocycles. The largest absolute Gasteiger partial charge is 0.317 e. The van der Waals surface area contributed by atoms with E-state index >= 15 is 0 Å². The molecule has 6 heteroatoms. The summed E-state index contributed by atoms with van der Waals surface area (Å²) in [4.78, 5) is 7.94. The third-order valence-corrected chi connectivity index (χ3v) is 1.99. The molecule has 73 valence electrons. The molecule has 0 fully saturated rings. The number of hydrogen-bond acceptors (Lipinski definition) is 3. The van der Waals surface area contributed by atoms with Crippen molar-refractivity contribution < 1.29 is 4.39 Å². The maximum atomic E-state index is 12.7. The summed E-state index contributed by atoms with van der Waals surface area (Å²) in [5.74, 6) is -0.289. The van der Waals surface area contributed by atoms with E-state index in [1.54, 1.807) is 12.1 Å². The Morgan fingerprint density at radius 3 is 2.73 bits per heavy atom. The van der Waals surface area contributed by atoms with Crippen LogP contribution in [-0.2, 0) is 0 Å². The lowest BCUT2D eigenvalue weighted by atomic mass is 10.3. The summed E-state index contributed by atoms with van der Waals surface area (Å²) in [6.45, 7) is 0. The zero-order chi connectivity index (χ0) is 10.3. The second-order valence-electron chi connectivity index (χ2n) is 2.99. The Balaban J connectivity index is 2.13. The van der Waals surface area contributed by atoms with Crippen LogP contribution in [0.25, 0.3) is 17.0 Å². The van der Waals surface area contributed by atoms with Crippen molar-refractivity contribution in [1.29, 1.82) is 0 Å². The first-order chi connectivity index (χ1) is 7.33. The fourth-order valence-electron chi connectivity index (χ4n) is 1.28. The van der Waals surface area contributed by atoms with Crippen LogP contribution in [0.15, 0.2) is 24.3 Å². The van der Waals surface area contributed by atoms with Crippen LogP contribution in [0.4, 0.5) is 4.39 Å². The highest BCUT2D eigenvalue weighted by molar-refractivity contribution is 5.63. The molecule has 0 aliphatic carbocycles. The Morgan fingerprint density at radius 2 is 2.00 bits per heavy atom. The van der Waals surface area contributed by atoms with E-state index in [9.17, 15) is 4.39 Å². The van der Waals surface area contributed by atoms with E-state index in [0.29, 0.717) is 17.0 Å². The van der Waals surface area contributed by atoms with Crippen molar-refractivity contribution in [3.8, 4) is 5.69 Å². The average Bonchev–Trinajstić information content (AvgIpc) is 2.78. The SMILES string of the molecule is Fc1ccc(-n2nc3n[c][nH]c3n2)cc1. The Labute approximate surface area is 83.6 Å². The molecule has 3 rings (SSSR count). The Morgan fingerprint density at radius 1 is 1.20 bits per heavy atom. The Hall–Kier alpha value is -2.24. The standard InChI is InChI=1S/C9H5FN5/c10-6-1-3-7(4-2-6)15-13-8-9(14-15)12-5-11-8/h1-4H,(H,11,12,13,14). The van der Waals surface area contributed by atoms with Crippen molar-refractivity contribution in [1.82, 2.24) is 25.0 Å². The van der Waals surface area contributed by atoms with Crippen molar-refractivity contribution in [2.24, 2.45) is 0 Å². The molecule has 2 aromatic heterocycles. The number of aromatic amines is 1. The third-order valence-electron chi connectivity index (χ3n) is 1.99. The van der Waals surface area contributed by atoms with Gasteiger partial charge in [0, 0.05) is 0 Å². The van der Waals surface area contributed by atoms with Crippen molar-refractivity contribution in [2.45, 2.75) is 0 Å². The van der Waals surface area contributed by atoms with Gasteiger partial charge in [-0.05, 0) is 24.3 Å². The van der Waals surface area contributed by atoms with Gasteiger partial charge in [-0.3, -0.25) is 0 Å². The van der Waals surface area contributed by atoms with Gasteiger partial charge in [-0.15, -0.1) is 15.0 Å². The van der Waals surface area contributed by atoms with Gasteiger partial charge in [0.05, 0.1) is 5.69 Å². The van der Waals surface area contributed by atoms with Crippen LogP contribution in [0, 0.1) is 12.1 Å². The Kier molecular flexibility index (Phi) is 1.55. The van der Waals surface area contributed by atoms with Crippen LogP contribution in [0.1, 0.15) is 0 Å². The molecule has 0 saturated heterocycles. The van der Waals surface area contributed by atoms with Crippen molar-refractivity contribution in [2.75, 3.05) is 0 Å². The minimum Gasteiger partial charge on any atom is -0.317 e. The fourth-order valence-corrected chi connectivity index (χ4v) is 1.28. The molecule has 1 N–H and O–H groups in total. The molecule has 5 nitrogen and oxygen atoms in total. The highest BCUT2D eigenvalue weighted by atomic mass is 19.1. The molecule has 0 aliphatic heterocycles. The second kappa shape index (κ2) is 2.88. The van der Waals surface area contributed by atoms with Gasteiger partial charge >= 0.3 is 0 Å². The predicted molar refractivity (Wildman–Crippen MR) is 49.8 cm³/mol. The summed E-state index contributed by atoms with van der Waals surface area (Å²) >= 11 is 0. The Bertz CT molecular complexity index is 566. The van der Waals surface area contributed by atoms with Gasteiger partial charge in [0.25, 0.3) is 0 Å². The lowest BCUT2D eigenvalue weighted by molar-refractivity contribution is 0.626. The molecular weight excluding hydrogens is 197 g/mol. The number of nitrogens with one attached hydrogen (secondary N) is 1. The van der Waals surface area contributed by atoms with Crippen LogP contribution in [0.3, 0.4) is 0 Å². The van der Waals surface area contributed by atoms with E-state index in [-0.39, 0.29) is 5.82 Å². The third kappa shape index (κ3) is 1.26. The zero-order valence-electron chi connectivity index (χ0n) is 7.48. The van der Waals surface area contributed by atoms with Crippen LogP contribution >= 0.6 is 0 Å². The first-order valence-electron chi connectivity index (χ1n) is 4.28. The molecule has 0 saturated carbocycles. The summed E-state index contributed by atoms with van der Waals surface area (Å²) in [5, 5.41) is 8.19. The number of nitrogens with zero attached hydrogens (tertiary/aromatic N) is 4. The first kappa shape index (κ1) is 8.10. The summed E-state index contributed by atoms with van der Waals surface area (Å²) in [7, 11) is 0. The van der Waals surface area contributed by atoms with E-state index < -0.39 is 0 Å². The smallest absolute Gasteiger partial charge is 0.221 e. The number of fused-ring (bicyclic) bond motifs is 1. The quantitative estimate of drug-likeness (QED) is 0.642. The number of hydrogen-bond donors (Lipinski definition) is 1. The monoisotopic (exact) mass is 202 g/mol. The van der Waals surface area contributed by atoms with Crippen molar-refractivity contribution in [3.63, 3.8) is 0 Å². The lowest BCUT2D eigenvalue weighted by Gasteiger charge is -1.97. The molecule has 0 aliphatic rings. The van der Waals surface area contributed by atoms with Crippen LogP contribution in [-0.4, -0.2) is 25.0 Å². The van der Waals surface area contributed by atoms with Gasteiger partial charge in [-0.1, -0.05) is 0 Å². The van der Waals surface area contributed by atoms with Gasteiger partial charge in [-0.2, -0.15) is 0 Å². The first-order valence-corrected chi connectivity index (χ1v) is 4.28. The number of halogens is 1. The predicted octanol–water partition coefficient (Wildman–Crippen LogP) is 1.08. The van der Waals surface area contributed by atoms with E-state index in [4.69, 9.17) is 0 Å². The molecule has 3 aromatic rings. The molecule has 0 spiro atoms. The number of H-pyrrole nitrogens is 1. The minimum absolute atomic E-state index is 0.289. The number of benzene rings is 1. The van der Waals surface area contributed by atoms with Gasteiger partial charge in [-0.25, -0.2) is 9.37 Å². The van der Waals surface area contributed by atoms with Gasteiger partial charge in [0.1, 0.15) is 5.82 Å². The molecule has 2 heterocycles. The van der Waals surface area contributed by atoms with Crippen molar-refractivity contribution in [3.05, 3.63) is 36.4 Å². The second-order valence-corrected chi connectivity index (χ2v) is 2.99. The highest BCUT2D eigenvalue weighted by Crippen LogP contribution is 2.09. The van der Waals surface area contributed by atoms with Gasteiger partial charge in [0.15, 0.2) is 6.33 Å². The minimum atomic E-state index is -0.289.